The predicted octanol–water partition coefficient (Wildman–Crippen LogP) is 2.81. The van der Waals surface area contributed by atoms with E-state index >= 15 is 0 Å². The van der Waals surface area contributed by atoms with Crippen LogP contribution in [0.4, 0.5) is 5.82 Å². The molecule has 2 aromatic rings. The van der Waals surface area contributed by atoms with Crippen molar-refractivity contribution in [2.45, 2.75) is 19.3 Å². The maximum Gasteiger partial charge on any atom is 0.251 e. The molecule has 134 valence electrons. The van der Waals surface area contributed by atoms with E-state index < -0.39 is 0 Å². The fourth-order valence-corrected chi connectivity index (χ4v) is 2.52. The van der Waals surface area contributed by atoms with Crippen molar-refractivity contribution in [1.82, 2.24) is 15.2 Å². The van der Waals surface area contributed by atoms with Crippen LogP contribution in [0.3, 0.4) is 0 Å². The van der Waals surface area contributed by atoms with Crippen LogP contribution < -0.4 is 10.6 Å². The van der Waals surface area contributed by atoms with Crippen LogP contribution in [0.25, 0.3) is 0 Å². The highest BCUT2D eigenvalue weighted by Crippen LogP contribution is 2.07. The molecule has 1 aromatic carbocycles. The van der Waals surface area contributed by atoms with E-state index in [0.29, 0.717) is 12.1 Å². The van der Waals surface area contributed by atoms with Crippen molar-refractivity contribution >= 4 is 11.7 Å². The molecule has 25 heavy (non-hydrogen) atoms. The number of rotatable bonds is 10. The maximum absolute atomic E-state index is 12.3. The lowest BCUT2D eigenvalue weighted by Crippen LogP contribution is -2.25. The first-order valence-corrected chi connectivity index (χ1v) is 8.82. The van der Waals surface area contributed by atoms with Crippen molar-refractivity contribution in [3.8, 4) is 0 Å². The maximum atomic E-state index is 12.3. The molecule has 5 heteroatoms. The van der Waals surface area contributed by atoms with Crippen molar-refractivity contribution in [2.24, 2.45) is 0 Å². The van der Waals surface area contributed by atoms with Crippen molar-refractivity contribution in [3.63, 3.8) is 0 Å². The van der Waals surface area contributed by atoms with E-state index in [1.165, 1.54) is 5.56 Å². The molecule has 1 aromatic heterocycles. The van der Waals surface area contributed by atoms with Gasteiger partial charge in [-0.3, -0.25) is 4.79 Å². The largest absolute Gasteiger partial charge is 0.370 e. The second-order valence-electron chi connectivity index (χ2n) is 6.36. The van der Waals surface area contributed by atoms with Crippen LogP contribution in [0.15, 0.2) is 48.7 Å². The number of nitrogens with zero attached hydrogens (tertiary/aromatic N) is 2. The first kappa shape index (κ1) is 18.9. The molecule has 0 aliphatic heterocycles. The summed E-state index contributed by atoms with van der Waals surface area (Å²) in [6.45, 7) is 2.53. The molecule has 0 radical (unpaired) electrons. The first-order valence-electron chi connectivity index (χ1n) is 8.82. The molecular weight excluding hydrogens is 312 g/mol. The van der Waals surface area contributed by atoms with Gasteiger partial charge in [0.15, 0.2) is 0 Å². The average molecular weight is 340 g/mol. The van der Waals surface area contributed by atoms with Gasteiger partial charge in [0, 0.05) is 24.8 Å². The summed E-state index contributed by atoms with van der Waals surface area (Å²) in [4.78, 5) is 18.7. The monoisotopic (exact) mass is 340 g/mol. The zero-order chi connectivity index (χ0) is 17.9. The smallest absolute Gasteiger partial charge is 0.251 e. The van der Waals surface area contributed by atoms with E-state index in [2.05, 4.69) is 46.7 Å². The van der Waals surface area contributed by atoms with Crippen molar-refractivity contribution in [3.05, 3.63) is 59.8 Å². The molecule has 0 atom stereocenters. The minimum absolute atomic E-state index is 0.0493. The molecule has 1 amide bonds. The summed E-state index contributed by atoms with van der Waals surface area (Å²) in [6, 6.07) is 13.9. The van der Waals surface area contributed by atoms with Gasteiger partial charge in [-0.1, -0.05) is 30.3 Å². The van der Waals surface area contributed by atoms with E-state index in [1.54, 1.807) is 12.3 Å². The van der Waals surface area contributed by atoms with Crippen LogP contribution >= 0.6 is 0 Å². The minimum Gasteiger partial charge on any atom is -0.370 e. The van der Waals surface area contributed by atoms with Gasteiger partial charge in [-0.05, 0) is 57.6 Å². The Morgan fingerprint density at radius 3 is 2.64 bits per heavy atom. The van der Waals surface area contributed by atoms with Crippen molar-refractivity contribution < 1.29 is 4.79 Å². The second-order valence-corrected chi connectivity index (χ2v) is 6.36. The van der Waals surface area contributed by atoms with Gasteiger partial charge < -0.3 is 15.5 Å². The standard InChI is InChI=1S/C20H28N4O/c1-24(2)15-7-13-21-19-16-18(11-14-22-19)20(25)23-12-6-10-17-8-4-3-5-9-17/h3-5,8-9,11,14,16H,6-7,10,12-13,15H2,1-2H3,(H,21,22)(H,23,25). The van der Waals surface area contributed by atoms with Gasteiger partial charge in [0.25, 0.3) is 5.91 Å². The highest BCUT2D eigenvalue weighted by Gasteiger charge is 2.06. The molecule has 0 bridgehead atoms. The third kappa shape index (κ3) is 7.35. The van der Waals surface area contributed by atoms with Gasteiger partial charge in [0.2, 0.25) is 0 Å². The number of carbonyl (C=O) groups is 1. The Kier molecular flexibility index (Phi) is 7.92. The Morgan fingerprint density at radius 2 is 1.88 bits per heavy atom. The van der Waals surface area contributed by atoms with Gasteiger partial charge in [-0.2, -0.15) is 0 Å². The SMILES string of the molecule is CN(C)CCCNc1cc(C(=O)NCCCc2ccccc2)ccn1. The molecule has 0 aliphatic rings. The van der Waals surface area contributed by atoms with Crippen LogP contribution in [0, 0.1) is 0 Å². The fraction of sp³-hybridized carbons (Fsp3) is 0.400. The Labute approximate surface area is 150 Å². The summed E-state index contributed by atoms with van der Waals surface area (Å²) < 4.78 is 0. The van der Waals surface area contributed by atoms with Crippen LogP contribution in [0.1, 0.15) is 28.8 Å². The Balaban J connectivity index is 1.72. The summed E-state index contributed by atoms with van der Waals surface area (Å²) in [5, 5.41) is 6.24. The summed E-state index contributed by atoms with van der Waals surface area (Å²) in [6.07, 6.45) is 4.60. The number of hydrogen-bond acceptors (Lipinski definition) is 4. The highest BCUT2D eigenvalue weighted by atomic mass is 16.1. The molecule has 2 rings (SSSR count). The molecule has 2 N–H and O–H groups in total. The number of aromatic nitrogens is 1. The lowest BCUT2D eigenvalue weighted by molar-refractivity contribution is 0.0953. The van der Waals surface area contributed by atoms with Crippen LogP contribution in [0.5, 0.6) is 0 Å². The molecular formula is C20H28N4O. The molecule has 0 saturated carbocycles. The highest BCUT2D eigenvalue weighted by molar-refractivity contribution is 5.94. The van der Waals surface area contributed by atoms with E-state index in [9.17, 15) is 4.79 Å². The summed E-state index contributed by atoms with van der Waals surface area (Å²) >= 11 is 0. The van der Waals surface area contributed by atoms with E-state index in [1.807, 2.05) is 24.3 Å². The predicted molar refractivity (Wildman–Crippen MR) is 103 cm³/mol. The molecule has 0 spiro atoms. The summed E-state index contributed by atoms with van der Waals surface area (Å²) in [5.41, 5.74) is 1.94. The Morgan fingerprint density at radius 1 is 1.08 bits per heavy atom. The molecule has 5 nitrogen and oxygen atoms in total. The Hall–Kier alpha value is -2.40. The van der Waals surface area contributed by atoms with Gasteiger partial charge in [0.1, 0.15) is 5.82 Å². The normalized spacial score (nSPS) is 10.7. The zero-order valence-electron chi connectivity index (χ0n) is 15.2. The van der Waals surface area contributed by atoms with Crippen molar-refractivity contribution in [1.29, 1.82) is 0 Å². The fourth-order valence-electron chi connectivity index (χ4n) is 2.52. The molecule has 1 heterocycles. The third-order valence-corrected chi connectivity index (χ3v) is 3.88. The summed E-state index contributed by atoms with van der Waals surface area (Å²) in [7, 11) is 4.11. The second kappa shape index (κ2) is 10.5. The Bertz CT molecular complexity index is 643. The van der Waals surface area contributed by atoms with Crippen LogP contribution in [0.2, 0.25) is 0 Å². The lowest BCUT2D eigenvalue weighted by atomic mass is 10.1. The zero-order valence-corrected chi connectivity index (χ0v) is 15.2. The number of pyridine rings is 1. The van der Waals surface area contributed by atoms with Crippen molar-refractivity contribution in [2.75, 3.05) is 39.0 Å². The molecule has 0 fully saturated rings. The number of aryl methyl sites for hydroxylation is 1. The van der Waals surface area contributed by atoms with E-state index in [0.717, 1.165) is 38.2 Å². The van der Waals surface area contributed by atoms with Crippen LogP contribution in [-0.2, 0) is 6.42 Å². The third-order valence-electron chi connectivity index (χ3n) is 3.88. The number of amides is 1. The van der Waals surface area contributed by atoms with E-state index in [4.69, 9.17) is 0 Å². The quantitative estimate of drug-likeness (QED) is 0.653. The number of nitrogens with one attached hydrogen (secondary N) is 2. The number of hydrogen-bond donors (Lipinski definition) is 2. The van der Waals surface area contributed by atoms with Crippen LogP contribution in [-0.4, -0.2) is 49.5 Å². The first-order chi connectivity index (χ1) is 12.1. The lowest BCUT2D eigenvalue weighted by Gasteiger charge is -2.11. The molecule has 0 unspecified atom stereocenters. The average Bonchev–Trinajstić information content (AvgIpc) is 2.63. The summed E-state index contributed by atoms with van der Waals surface area (Å²) in [5.74, 6) is 0.697. The van der Waals surface area contributed by atoms with E-state index in [-0.39, 0.29) is 5.91 Å². The van der Waals surface area contributed by atoms with Gasteiger partial charge in [-0.25, -0.2) is 4.98 Å². The van der Waals surface area contributed by atoms with Gasteiger partial charge >= 0.3 is 0 Å². The minimum atomic E-state index is -0.0493. The molecule has 0 saturated heterocycles. The van der Waals surface area contributed by atoms with Gasteiger partial charge in [-0.15, -0.1) is 0 Å². The number of anilines is 1. The van der Waals surface area contributed by atoms with Gasteiger partial charge in [0.05, 0.1) is 0 Å². The molecule has 0 aliphatic carbocycles. The number of benzene rings is 1. The topological polar surface area (TPSA) is 57.3 Å². The number of carbonyl (C=O) groups excluding carboxylic acids is 1.